The summed E-state index contributed by atoms with van der Waals surface area (Å²) in [6, 6.07) is -0.128. The molecule has 0 aromatic carbocycles. The van der Waals surface area contributed by atoms with Gasteiger partial charge in [0, 0.05) is 26.9 Å². The van der Waals surface area contributed by atoms with Crippen LogP contribution in [0.25, 0.3) is 0 Å². The average Bonchev–Trinajstić information content (AvgIpc) is 2.77. The molecule has 0 saturated heterocycles. The number of carbonyl (C=O) groups is 1. The highest BCUT2D eigenvalue weighted by Gasteiger charge is 2.21. The summed E-state index contributed by atoms with van der Waals surface area (Å²) in [6.45, 7) is 6.57. The van der Waals surface area contributed by atoms with Gasteiger partial charge in [0.1, 0.15) is 0 Å². The Morgan fingerprint density at radius 1 is 1.47 bits per heavy atom. The lowest BCUT2D eigenvalue weighted by atomic mass is 10.0. The van der Waals surface area contributed by atoms with E-state index in [1.165, 1.54) is 0 Å². The summed E-state index contributed by atoms with van der Waals surface area (Å²) in [5.74, 6) is 1.78. The zero-order valence-electron chi connectivity index (χ0n) is 12.4. The summed E-state index contributed by atoms with van der Waals surface area (Å²) in [6.07, 6.45) is 1.44. The highest BCUT2D eigenvalue weighted by Crippen LogP contribution is 2.07. The van der Waals surface area contributed by atoms with Crippen molar-refractivity contribution in [2.75, 3.05) is 20.6 Å². The fourth-order valence-corrected chi connectivity index (χ4v) is 1.90. The molecule has 0 radical (unpaired) electrons. The number of hydrogen-bond donors (Lipinski definition) is 1. The Balaban J connectivity index is 2.47. The van der Waals surface area contributed by atoms with Gasteiger partial charge < -0.3 is 14.7 Å². The maximum absolute atomic E-state index is 12.2. The minimum Gasteiger partial charge on any atom is -0.344 e. The molecule has 6 nitrogen and oxygen atoms in total. The predicted molar refractivity (Wildman–Crippen MR) is 72.7 cm³/mol. The predicted octanol–water partition coefficient (Wildman–Crippen LogP) is 1.01. The van der Waals surface area contributed by atoms with E-state index in [1.807, 2.05) is 7.05 Å². The summed E-state index contributed by atoms with van der Waals surface area (Å²) in [5.41, 5.74) is 0. The number of amides is 1. The van der Waals surface area contributed by atoms with Crippen molar-refractivity contribution in [3.8, 4) is 0 Å². The number of rotatable bonds is 7. The molecule has 0 saturated carbocycles. The van der Waals surface area contributed by atoms with Crippen LogP contribution in [0.4, 0.5) is 0 Å². The molecule has 1 heterocycles. The fourth-order valence-electron chi connectivity index (χ4n) is 1.90. The van der Waals surface area contributed by atoms with Gasteiger partial charge in [0.2, 0.25) is 11.8 Å². The second-order valence-electron chi connectivity index (χ2n) is 5.21. The molecule has 0 aliphatic rings. The summed E-state index contributed by atoms with van der Waals surface area (Å²) < 4.78 is 4.90. The van der Waals surface area contributed by atoms with Crippen LogP contribution in [-0.4, -0.2) is 47.6 Å². The van der Waals surface area contributed by atoms with Gasteiger partial charge in [-0.15, -0.1) is 0 Å². The van der Waals surface area contributed by atoms with Crippen molar-refractivity contribution < 1.29 is 9.32 Å². The van der Waals surface area contributed by atoms with Crippen LogP contribution in [0.3, 0.4) is 0 Å². The Bertz CT molecular complexity index is 403. The van der Waals surface area contributed by atoms with Gasteiger partial charge in [0.25, 0.3) is 0 Å². The maximum Gasteiger partial charge on any atom is 0.239 e. The molecule has 0 bridgehead atoms. The zero-order valence-corrected chi connectivity index (χ0v) is 12.4. The van der Waals surface area contributed by atoms with E-state index < -0.39 is 0 Å². The van der Waals surface area contributed by atoms with E-state index >= 15 is 0 Å². The SMILES string of the molecule is CN[C@@H](CC(C)C)C(=O)N(C)CCc1noc(C)n1. The average molecular weight is 268 g/mol. The largest absolute Gasteiger partial charge is 0.344 e. The highest BCUT2D eigenvalue weighted by molar-refractivity contribution is 5.81. The van der Waals surface area contributed by atoms with Crippen LogP contribution in [0.15, 0.2) is 4.52 Å². The van der Waals surface area contributed by atoms with Crippen LogP contribution >= 0.6 is 0 Å². The van der Waals surface area contributed by atoms with Crippen LogP contribution in [0.1, 0.15) is 32.0 Å². The van der Waals surface area contributed by atoms with E-state index in [0.717, 1.165) is 6.42 Å². The van der Waals surface area contributed by atoms with Crippen LogP contribution in [0, 0.1) is 12.8 Å². The Kier molecular flexibility index (Phi) is 5.95. The molecule has 1 N–H and O–H groups in total. The van der Waals surface area contributed by atoms with Crippen molar-refractivity contribution in [3.63, 3.8) is 0 Å². The molecule has 1 rings (SSSR count). The van der Waals surface area contributed by atoms with Crippen LogP contribution in [-0.2, 0) is 11.2 Å². The van der Waals surface area contributed by atoms with Gasteiger partial charge in [-0.25, -0.2) is 0 Å². The van der Waals surface area contributed by atoms with E-state index in [4.69, 9.17) is 4.52 Å². The molecule has 0 aliphatic heterocycles. The molecular formula is C13H24N4O2. The van der Waals surface area contributed by atoms with Crippen LogP contribution in [0.2, 0.25) is 0 Å². The van der Waals surface area contributed by atoms with Crippen molar-refractivity contribution in [1.29, 1.82) is 0 Å². The monoisotopic (exact) mass is 268 g/mol. The summed E-state index contributed by atoms with van der Waals surface area (Å²) in [7, 11) is 3.63. The first-order valence-corrected chi connectivity index (χ1v) is 6.65. The third-order valence-corrected chi connectivity index (χ3v) is 2.97. The van der Waals surface area contributed by atoms with Gasteiger partial charge in [0.05, 0.1) is 6.04 Å². The lowest BCUT2D eigenvalue weighted by molar-refractivity contribution is -0.132. The van der Waals surface area contributed by atoms with Crippen LogP contribution < -0.4 is 5.32 Å². The molecule has 19 heavy (non-hydrogen) atoms. The number of aryl methyl sites for hydroxylation is 1. The van der Waals surface area contributed by atoms with Crippen LogP contribution in [0.5, 0.6) is 0 Å². The molecule has 0 aliphatic carbocycles. The lowest BCUT2D eigenvalue weighted by Gasteiger charge is -2.24. The zero-order chi connectivity index (χ0) is 14.4. The molecule has 1 amide bonds. The van der Waals surface area contributed by atoms with E-state index in [9.17, 15) is 4.79 Å². The molecular weight excluding hydrogens is 244 g/mol. The van der Waals surface area contributed by atoms with E-state index in [-0.39, 0.29) is 11.9 Å². The molecule has 0 unspecified atom stereocenters. The van der Waals surface area contributed by atoms with Gasteiger partial charge in [0.15, 0.2) is 5.82 Å². The topological polar surface area (TPSA) is 71.3 Å². The Morgan fingerprint density at radius 2 is 2.16 bits per heavy atom. The van der Waals surface area contributed by atoms with Gasteiger partial charge >= 0.3 is 0 Å². The molecule has 1 aromatic rings. The van der Waals surface area contributed by atoms with Crippen molar-refractivity contribution in [3.05, 3.63) is 11.7 Å². The normalized spacial score (nSPS) is 12.7. The maximum atomic E-state index is 12.2. The van der Waals surface area contributed by atoms with E-state index in [0.29, 0.717) is 30.6 Å². The van der Waals surface area contributed by atoms with Gasteiger partial charge in [-0.3, -0.25) is 4.79 Å². The smallest absolute Gasteiger partial charge is 0.239 e. The fraction of sp³-hybridized carbons (Fsp3) is 0.769. The van der Waals surface area contributed by atoms with Crippen molar-refractivity contribution >= 4 is 5.91 Å². The molecule has 1 aromatic heterocycles. The quantitative estimate of drug-likeness (QED) is 0.799. The van der Waals surface area contributed by atoms with Crippen molar-refractivity contribution in [2.45, 2.75) is 39.7 Å². The van der Waals surface area contributed by atoms with Gasteiger partial charge in [-0.1, -0.05) is 19.0 Å². The Morgan fingerprint density at radius 3 is 2.63 bits per heavy atom. The number of nitrogens with zero attached hydrogens (tertiary/aromatic N) is 3. The first-order chi connectivity index (χ1) is 8.93. The molecule has 1 atom stereocenters. The third-order valence-electron chi connectivity index (χ3n) is 2.97. The number of aromatic nitrogens is 2. The molecule has 108 valence electrons. The minimum atomic E-state index is -0.128. The molecule has 0 fully saturated rings. The number of carbonyl (C=O) groups excluding carboxylic acids is 1. The highest BCUT2D eigenvalue weighted by atomic mass is 16.5. The van der Waals surface area contributed by atoms with Gasteiger partial charge in [-0.2, -0.15) is 4.98 Å². The Hall–Kier alpha value is -1.43. The summed E-state index contributed by atoms with van der Waals surface area (Å²) in [4.78, 5) is 18.1. The first kappa shape index (κ1) is 15.6. The second kappa shape index (κ2) is 7.23. The molecule has 0 spiro atoms. The van der Waals surface area contributed by atoms with Crippen molar-refractivity contribution in [2.24, 2.45) is 5.92 Å². The Labute approximate surface area is 114 Å². The standard InChI is InChI=1S/C13H24N4O2/c1-9(2)8-11(14-4)13(18)17(5)7-6-12-15-10(3)19-16-12/h9,11,14H,6-8H2,1-5H3/t11-/m0/s1. The van der Waals surface area contributed by atoms with E-state index in [2.05, 4.69) is 29.3 Å². The first-order valence-electron chi connectivity index (χ1n) is 6.65. The second-order valence-corrected chi connectivity index (χ2v) is 5.21. The van der Waals surface area contributed by atoms with Crippen molar-refractivity contribution in [1.82, 2.24) is 20.4 Å². The number of nitrogens with one attached hydrogen (secondary N) is 1. The molecule has 6 heteroatoms. The number of likely N-dealkylation sites (N-methyl/N-ethyl adjacent to an activating group) is 2. The third kappa shape index (κ3) is 4.98. The van der Waals surface area contributed by atoms with Gasteiger partial charge in [-0.05, 0) is 19.4 Å². The summed E-state index contributed by atoms with van der Waals surface area (Å²) in [5, 5.41) is 6.90. The summed E-state index contributed by atoms with van der Waals surface area (Å²) >= 11 is 0. The van der Waals surface area contributed by atoms with E-state index in [1.54, 1.807) is 18.9 Å². The number of hydrogen-bond acceptors (Lipinski definition) is 5. The lowest BCUT2D eigenvalue weighted by Crippen LogP contribution is -2.44. The minimum absolute atomic E-state index is 0.108.